The molecule has 1 aromatic rings. The summed E-state index contributed by atoms with van der Waals surface area (Å²) in [5, 5.41) is 8.78. The van der Waals surface area contributed by atoms with Gasteiger partial charge in [-0.3, -0.25) is 9.69 Å². The lowest BCUT2D eigenvalue weighted by atomic mass is 9.80. The highest BCUT2D eigenvalue weighted by Gasteiger charge is 2.36. The van der Waals surface area contributed by atoms with Gasteiger partial charge < -0.3 is 4.74 Å². The fourth-order valence-electron chi connectivity index (χ4n) is 2.78. The van der Waals surface area contributed by atoms with Crippen molar-refractivity contribution in [1.29, 1.82) is 5.26 Å². The Bertz CT molecular complexity index is 571. The van der Waals surface area contributed by atoms with E-state index in [2.05, 4.69) is 6.07 Å². The standard InChI is InChI=1S/C15H16F2N2O2/c1-21-15(20)11-4-6-19(7-5-18)9-12(11)10-2-3-13(16)14(17)8-10/h2-3,8,11-12H,4,6-7,9H2,1H3. The number of piperidine rings is 1. The minimum absolute atomic E-state index is 0.244. The van der Waals surface area contributed by atoms with Gasteiger partial charge in [-0.25, -0.2) is 8.78 Å². The van der Waals surface area contributed by atoms with E-state index in [9.17, 15) is 13.6 Å². The van der Waals surface area contributed by atoms with Crippen LogP contribution in [0, 0.1) is 28.9 Å². The van der Waals surface area contributed by atoms with Gasteiger partial charge in [-0.15, -0.1) is 0 Å². The maximum Gasteiger partial charge on any atom is 0.309 e. The number of nitrogens with zero attached hydrogens (tertiary/aromatic N) is 2. The smallest absolute Gasteiger partial charge is 0.309 e. The van der Waals surface area contributed by atoms with Crippen LogP contribution >= 0.6 is 0 Å². The number of nitriles is 1. The first-order valence-electron chi connectivity index (χ1n) is 6.69. The molecule has 1 aliphatic heterocycles. The molecule has 1 saturated heterocycles. The van der Waals surface area contributed by atoms with Gasteiger partial charge in [0, 0.05) is 19.0 Å². The normalized spacial score (nSPS) is 22.6. The summed E-state index contributed by atoms with van der Waals surface area (Å²) in [6.07, 6.45) is 0.526. The van der Waals surface area contributed by atoms with Gasteiger partial charge in [-0.2, -0.15) is 5.26 Å². The highest BCUT2D eigenvalue weighted by Crippen LogP contribution is 2.33. The van der Waals surface area contributed by atoms with Crippen LogP contribution in [0.4, 0.5) is 8.78 Å². The molecule has 0 aromatic heterocycles. The number of methoxy groups -OCH3 is 1. The number of carbonyl (C=O) groups excluding carboxylic acids is 1. The van der Waals surface area contributed by atoms with Gasteiger partial charge in [-0.05, 0) is 24.1 Å². The third-order valence-corrected chi connectivity index (χ3v) is 3.87. The molecule has 2 atom stereocenters. The molecule has 0 aliphatic carbocycles. The van der Waals surface area contributed by atoms with Crippen molar-refractivity contribution in [3.05, 3.63) is 35.4 Å². The van der Waals surface area contributed by atoms with Crippen molar-refractivity contribution in [3.63, 3.8) is 0 Å². The first kappa shape index (κ1) is 15.4. The lowest BCUT2D eigenvalue weighted by Gasteiger charge is -2.36. The Morgan fingerprint density at radius 2 is 2.24 bits per heavy atom. The van der Waals surface area contributed by atoms with Crippen molar-refractivity contribution >= 4 is 5.97 Å². The average molecular weight is 294 g/mol. The van der Waals surface area contributed by atoms with Gasteiger partial charge in [-0.1, -0.05) is 6.07 Å². The Morgan fingerprint density at radius 1 is 1.48 bits per heavy atom. The predicted molar refractivity (Wildman–Crippen MR) is 71.3 cm³/mol. The van der Waals surface area contributed by atoms with E-state index in [4.69, 9.17) is 10.00 Å². The van der Waals surface area contributed by atoms with Crippen LogP contribution in [0.1, 0.15) is 17.9 Å². The van der Waals surface area contributed by atoms with Crippen LogP contribution in [-0.4, -0.2) is 37.6 Å². The van der Waals surface area contributed by atoms with Crippen molar-refractivity contribution in [3.8, 4) is 6.07 Å². The van der Waals surface area contributed by atoms with Crippen LogP contribution in [0.2, 0.25) is 0 Å². The SMILES string of the molecule is COC(=O)C1CCN(CC#N)CC1c1ccc(F)c(F)c1. The van der Waals surface area contributed by atoms with Gasteiger partial charge in [0.1, 0.15) is 0 Å². The van der Waals surface area contributed by atoms with Gasteiger partial charge >= 0.3 is 5.97 Å². The zero-order chi connectivity index (χ0) is 15.4. The van der Waals surface area contributed by atoms with Crippen LogP contribution in [-0.2, 0) is 9.53 Å². The highest BCUT2D eigenvalue weighted by atomic mass is 19.2. The fourth-order valence-corrected chi connectivity index (χ4v) is 2.78. The maximum atomic E-state index is 13.4. The number of halogens is 2. The molecule has 0 amide bonds. The van der Waals surface area contributed by atoms with E-state index >= 15 is 0 Å². The number of carbonyl (C=O) groups is 1. The molecule has 112 valence electrons. The Balaban J connectivity index is 2.29. The van der Waals surface area contributed by atoms with Gasteiger partial charge in [0.15, 0.2) is 11.6 Å². The third-order valence-electron chi connectivity index (χ3n) is 3.87. The molecule has 1 heterocycles. The minimum Gasteiger partial charge on any atom is -0.469 e. The molecule has 0 radical (unpaired) electrons. The molecule has 0 N–H and O–H groups in total. The third kappa shape index (κ3) is 3.37. The molecule has 21 heavy (non-hydrogen) atoms. The van der Waals surface area contributed by atoms with E-state index < -0.39 is 17.6 Å². The predicted octanol–water partition coefficient (Wildman–Crippen LogP) is 2.07. The molecule has 1 aliphatic rings. The molecule has 1 aromatic carbocycles. The van der Waals surface area contributed by atoms with Gasteiger partial charge in [0.05, 0.1) is 25.6 Å². The zero-order valence-electron chi connectivity index (χ0n) is 11.7. The summed E-state index contributed by atoms with van der Waals surface area (Å²) in [6, 6.07) is 5.72. The number of rotatable bonds is 3. The topological polar surface area (TPSA) is 53.3 Å². The molecular weight excluding hydrogens is 278 g/mol. The van der Waals surface area contributed by atoms with E-state index in [-0.39, 0.29) is 18.4 Å². The molecule has 2 unspecified atom stereocenters. The molecule has 2 rings (SSSR count). The summed E-state index contributed by atoms with van der Waals surface area (Å²) in [6.45, 7) is 1.29. The number of ether oxygens (including phenoxy) is 1. The second kappa shape index (κ2) is 6.64. The summed E-state index contributed by atoms with van der Waals surface area (Å²) in [7, 11) is 1.31. The van der Waals surface area contributed by atoms with Crippen LogP contribution in [0.15, 0.2) is 18.2 Å². The second-order valence-electron chi connectivity index (χ2n) is 5.09. The van der Waals surface area contributed by atoms with Crippen molar-refractivity contribution in [1.82, 2.24) is 4.90 Å². The quantitative estimate of drug-likeness (QED) is 0.632. The Labute approximate surface area is 121 Å². The number of esters is 1. The summed E-state index contributed by atoms with van der Waals surface area (Å²) in [5.41, 5.74) is 0.548. The van der Waals surface area contributed by atoms with Crippen LogP contribution in [0.5, 0.6) is 0 Å². The van der Waals surface area contributed by atoms with E-state index in [1.807, 2.05) is 4.90 Å². The van der Waals surface area contributed by atoms with Crippen LogP contribution in [0.25, 0.3) is 0 Å². The van der Waals surface area contributed by atoms with Gasteiger partial charge in [0.2, 0.25) is 0 Å². The molecule has 0 saturated carbocycles. The lowest BCUT2D eigenvalue weighted by Crippen LogP contribution is -2.42. The number of hydrogen-bond donors (Lipinski definition) is 0. The van der Waals surface area contributed by atoms with E-state index in [0.717, 1.165) is 12.1 Å². The van der Waals surface area contributed by atoms with Crippen molar-refractivity contribution < 1.29 is 18.3 Å². The summed E-state index contributed by atoms with van der Waals surface area (Å²) in [5.74, 6) is -2.93. The fraction of sp³-hybridized carbons (Fsp3) is 0.467. The first-order chi connectivity index (χ1) is 10.1. The molecule has 1 fully saturated rings. The summed E-state index contributed by atoms with van der Waals surface area (Å²) >= 11 is 0. The summed E-state index contributed by atoms with van der Waals surface area (Å²) in [4.78, 5) is 13.8. The molecule has 4 nitrogen and oxygen atoms in total. The second-order valence-corrected chi connectivity index (χ2v) is 5.09. The summed E-state index contributed by atoms with van der Waals surface area (Å²) < 4.78 is 31.3. The Morgan fingerprint density at radius 3 is 2.86 bits per heavy atom. The maximum absolute atomic E-state index is 13.4. The van der Waals surface area contributed by atoms with E-state index in [0.29, 0.717) is 25.1 Å². The van der Waals surface area contributed by atoms with E-state index in [1.54, 1.807) is 0 Å². The minimum atomic E-state index is -0.937. The number of likely N-dealkylation sites (tertiary alicyclic amines) is 1. The van der Waals surface area contributed by atoms with Crippen molar-refractivity contribution in [2.24, 2.45) is 5.92 Å². The largest absolute Gasteiger partial charge is 0.469 e. The van der Waals surface area contributed by atoms with Crippen LogP contribution in [0.3, 0.4) is 0 Å². The number of hydrogen-bond acceptors (Lipinski definition) is 4. The Hall–Kier alpha value is -2.00. The first-order valence-corrected chi connectivity index (χ1v) is 6.69. The molecule has 0 spiro atoms. The average Bonchev–Trinajstić information content (AvgIpc) is 2.49. The molecular formula is C15H16F2N2O2. The monoisotopic (exact) mass is 294 g/mol. The molecule has 0 bridgehead atoms. The van der Waals surface area contributed by atoms with Gasteiger partial charge in [0.25, 0.3) is 0 Å². The van der Waals surface area contributed by atoms with Crippen LogP contribution < -0.4 is 0 Å². The zero-order valence-corrected chi connectivity index (χ0v) is 11.7. The number of benzene rings is 1. The molecule has 6 heteroatoms. The van der Waals surface area contributed by atoms with E-state index in [1.165, 1.54) is 13.2 Å². The lowest BCUT2D eigenvalue weighted by molar-refractivity contribution is -0.147. The van der Waals surface area contributed by atoms with Crippen molar-refractivity contribution in [2.75, 3.05) is 26.7 Å². The highest BCUT2D eigenvalue weighted by molar-refractivity contribution is 5.73. The van der Waals surface area contributed by atoms with Crippen molar-refractivity contribution in [2.45, 2.75) is 12.3 Å². The Kier molecular flexibility index (Phi) is 4.86.